The van der Waals surface area contributed by atoms with E-state index in [9.17, 15) is 14.9 Å². The third-order valence-corrected chi connectivity index (χ3v) is 4.75. The minimum Gasteiger partial charge on any atom is -0.436 e. The lowest BCUT2D eigenvalue weighted by Crippen LogP contribution is -2.34. The molecule has 9 nitrogen and oxygen atoms in total. The number of fused-ring (bicyclic) bond motifs is 1. The van der Waals surface area contributed by atoms with Crippen LogP contribution in [0, 0.1) is 17.0 Å². The van der Waals surface area contributed by atoms with Crippen molar-refractivity contribution in [2.75, 3.05) is 5.32 Å². The lowest BCUT2D eigenvalue weighted by Gasteiger charge is -2.11. The summed E-state index contributed by atoms with van der Waals surface area (Å²) in [6.45, 7) is 1.52. The van der Waals surface area contributed by atoms with Gasteiger partial charge in [0.1, 0.15) is 5.52 Å². The summed E-state index contributed by atoms with van der Waals surface area (Å²) < 4.78 is 5.76. The number of hydrogen-bond donors (Lipinski definition) is 2. The summed E-state index contributed by atoms with van der Waals surface area (Å²) in [5, 5.41) is 16.6. The second-order valence-corrected chi connectivity index (χ2v) is 6.96. The normalized spacial score (nSPS) is 10.6. The number of anilines is 1. The average Bonchev–Trinajstić information content (AvgIpc) is 3.17. The van der Waals surface area contributed by atoms with E-state index < -0.39 is 10.8 Å². The number of carbonyl (C=O) groups excluding carboxylic acids is 1. The first-order valence-electron chi connectivity index (χ1n) is 9.09. The predicted octanol–water partition coefficient (Wildman–Crippen LogP) is 4.23. The third-order valence-electron chi connectivity index (χ3n) is 4.55. The highest BCUT2D eigenvalue weighted by Crippen LogP contribution is 2.26. The Labute approximate surface area is 181 Å². The number of benzene rings is 2. The van der Waals surface area contributed by atoms with Crippen LogP contribution in [0.15, 0.2) is 65.3 Å². The fraction of sp³-hybridized carbons (Fsp3) is 0.0476. The molecule has 0 fully saturated rings. The number of nitro benzene ring substituents is 1. The summed E-state index contributed by atoms with van der Waals surface area (Å²) in [6.07, 6.45) is 3.31. The van der Waals surface area contributed by atoms with Gasteiger partial charge in [0.25, 0.3) is 11.6 Å². The van der Waals surface area contributed by atoms with Crippen LogP contribution in [0.5, 0.6) is 0 Å². The van der Waals surface area contributed by atoms with E-state index in [0.29, 0.717) is 22.7 Å². The molecule has 0 atom stereocenters. The maximum absolute atomic E-state index is 12.5. The van der Waals surface area contributed by atoms with Gasteiger partial charge >= 0.3 is 0 Å². The van der Waals surface area contributed by atoms with E-state index in [-0.39, 0.29) is 21.9 Å². The van der Waals surface area contributed by atoms with Crippen LogP contribution in [-0.2, 0) is 0 Å². The molecule has 0 aliphatic carbocycles. The van der Waals surface area contributed by atoms with Gasteiger partial charge in [-0.15, -0.1) is 0 Å². The molecule has 4 aromatic rings. The van der Waals surface area contributed by atoms with Crippen molar-refractivity contribution in [1.29, 1.82) is 0 Å². The van der Waals surface area contributed by atoms with Gasteiger partial charge in [-0.3, -0.25) is 25.2 Å². The first kappa shape index (κ1) is 20.1. The summed E-state index contributed by atoms with van der Waals surface area (Å²) in [5.41, 5.74) is 2.92. The minimum atomic E-state index is -0.541. The van der Waals surface area contributed by atoms with Crippen LogP contribution in [0.1, 0.15) is 15.9 Å². The Bertz CT molecular complexity index is 1320. The molecule has 0 unspecified atom stereocenters. The maximum atomic E-state index is 12.5. The zero-order valence-electron chi connectivity index (χ0n) is 16.2. The molecule has 2 aromatic carbocycles. The highest BCUT2D eigenvalue weighted by Gasteiger charge is 2.18. The zero-order chi connectivity index (χ0) is 22.0. The number of nitrogens with zero attached hydrogens (tertiary/aromatic N) is 3. The molecule has 0 aliphatic rings. The summed E-state index contributed by atoms with van der Waals surface area (Å²) in [6, 6.07) is 13.1. The molecule has 2 heterocycles. The van der Waals surface area contributed by atoms with Gasteiger partial charge in [0.15, 0.2) is 10.7 Å². The van der Waals surface area contributed by atoms with Crippen molar-refractivity contribution >= 4 is 45.7 Å². The molecule has 2 N–H and O–H groups in total. The van der Waals surface area contributed by atoms with Crippen LogP contribution in [0.25, 0.3) is 22.6 Å². The van der Waals surface area contributed by atoms with E-state index in [1.165, 1.54) is 25.1 Å². The number of pyridine rings is 1. The van der Waals surface area contributed by atoms with Crippen molar-refractivity contribution in [3.8, 4) is 11.5 Å². The SMILES string of the molecule is Cc1c(C(=O)NC(=S)Nc2ccc3oc(-c4ccncc4)nc3c2)cccc1[N+](=O)[O-]. The van der Waals surface area contributed by atoms with Gasteiger partial charge in [-0.25, -0.2) is 4.98 Å². The predicted molar refractivity (Wildman–Crippen MR) is 119 cm³/mol. The smallest absolute Gasteiger partial charge is 0.273 e. The lowest BCUT2D eigenvalue weighted by molar-refractivity contribution is -0.385. The maximum Gasteiger partial charge on any atom is 0.273 e. The summed E-state index contributed by atoms with van der Waals surface area (Å²) in [5.74, 6) is -0.0761. The van der Waals surface area contributed by atoms with Crippen LogP contribution < -0.4 is 10.6 Å². The molecule has 10 heteroatoms. The van der Waals surface area contributed by atoms with Gasteiger partial charge in [-0.1, -0.05) is 6.07 Å². The number of oxazole rings is 1. The molecular weight excluding hydrogens is 418 g/mol. The number of nitro groups is 1. The molecule has 2 aromatic heterocycles. The molecule has 0 saturated heterocycles. The Morgan fingerprint density at radius 3 is 2.68 bits per heavy atom. The van der Waals surface area contributed by atoms with Gasteiger partial charge in [-0.05, 0) is 55.5 Å². The number of rotatable bonds is 4. The quantitative estimate of drug-likeness (QED) is 0.278. The average molecular weight is 433 g/mol. The van der Waals surface area contributed by atoms with Crippen molar-refractivity contribution in [1.82, 2.24) is 15.3 Å². The van der Waals surface area contributed by atoms with Crippen molar-refractivity contribution in [3.05, 3.63) is 82.2 Å². The van der Waals surface area contributed by atoms with E-state index in [2.05, 4.69) is 20.6 Å². The second-order valence-electron chi connectivity index (χ2n) is 6.55. The molecule has 31 heavy (non-hydrogen) atoms. The van der Waals surface area contributed by atoms with Crippen LogP contribution in [-0.4, -0.2) is 25.9 Å². The van der Waals surface area contributed by atoms with Gasteiger partial charge < -0.3 is 9.73 Å². The number of carbonyl (C=O) groups is 1. The van der Waals surface area contributed by atoms with E-state index in [0.717, 1.165) is 5.56 Å². The fourth-order valence-electron chi connectivity index (χ4n) is 3.02. The van der Waals surface area contributed by atoms with E-state index in [1.807, 2.05) is 0 Å². The molecule has 0 radical (unpaired) electrons. The minimum absolute atomic E-state index is 0.0492. The highest BCUT2D eigenvalue weighted by molar-refractivity contribution is 7.80. The van der Waals surface area contributed by atoms with Crippen molar-refractivity contribution < 1.29 is 14.1 Å². The zero-order valence-corrected chi connectivity index (χ0v) is 17.0. The Hall–Kier alpha value is -4.18. The van der Waals surface area contributed by atoms with Crippen LogP contribution in [0.2, 0.25) is 0 Å². The number of thiocarbonyl (C=S) groups is 1. The summed E-state index contributed by atoms with van der Waals surface area (Å²) >= 11 is 5.22. The van der Waals surface area contributed by atoms with Crippen molar-refractivity contribution in [2.24, 2.45) is 0 Å². The third kappa shape index (κ3) is 4.23. The molecule has 154 valence electrons. The van der Waals surface area contributed by atoms with Gasteiger partial charge in [0, 0.05) is 40.8 Å². The first-order valence-corrected chi connectivity index (χ1v) is 9.50. The van der Waals surface area contributed by atoms with Crippen molar-refractivity contribution in [2.45, 2.75) is 6.92 Å². The summed E-state index contributed by atoms with van der Waals surface area (Å²) in [7, 11) is 0. The Balaban J connectivity index is 1.49. The van der Waals surface area contributed by atoms with Gasteiger partial charge in [0.05, 0.1) is 4.92 Å². The first-order chi connectivity index (χ1) is 14.9. The molecule has 0 saturated carbocycles. The largest absolute Gasteiger partial charge is 0.436 e. The number of aromatic nitrogens is 2. The molecule has 0 aliphatic heterocycles. The van der Waals surface area contributed by atoms with E-state index in [1.54, 1.807) is 42.7 Å². The monoisotopic (exact) mass is 433 g/mol. The Morgan fingerprint density at radius 2 is 1.94 bits per heavy atom. The van der Waals surface area contributed by atoms with Crippen LogP contribution in [0.4, 0.5) is 11.4 Å². The second kappa shape index (κ2) is 8.28. The van der Waals surface area contributed by atoms with Crippen LogP contribution in [0.3, 0.4) is 0 Å². The number of amides is 1. The number of nitrogens with one attached hydrogen (secondary N) is 2. The fourth-order valence-corrected chi connectivity index (χ4v) is 3.23. The standard InChI is InChI=1S/C21H15N5O4S/c1-12-15(3-2-4-17(12)26(28)29)19(27)25-21(31)23-14-5-6-18-16(11-14)24-20(30-18)13-7-9-22-10-8-13/h2-11H,1H3,(H2,23,25,27,31). The van der Waals surface area contributed by atoms with Crippen molar-refractivity contribution in [3.63, 3.8) is 0 Å². The molecule has 0 bridgehead atoms. The molecule has 1 amide bonds. The molecular formula is C21H15N5O4S. The Morgan fingerprint density at radius 1 is 1.16 bits per heavy atom. The highest BCUT2D eigenvalue weighted by atomic mass is 32.1. The molecule has 0 spiro atoms. The topological polar surface area (TPSA) is 123 Å². The van der Waals surface area contributed by atoms with E-state index >= 15 is 0 Å². The number of hydrogen-bond acceptors (Lipinski definition) is 7. The Kier molecular flexibility index (Phi) is 5.37. The lowest BCUT2D eigenvalue weighted by atomic mass is 10.1. The van der Waals surface area contributed by atoms with Gasteiger partial charge in [0.2, 0.25) is 5.89 Å². The summed E-state index contributed by atoms with van der Waals surface area (Å²) in [4.78, 5) is 31.5. The van der Waals surface area contributed by atoms with Gasteiger partial charge in [-0.2, -0.15) is 0 Å². The molecule has 4 rings (SSSR count). The van der Waals surface area contributed by atoms with E-state index in [4.69, 9.17) is 16.6 Å². The van der Waals surface area contributed by atoms with Crippen LogP contribution >= 0.6 is 12.2 Å².